The quantitative estimate of drug-likeness (QED) is 0.163. The Morgan fingerprint density at radius 2 is 1.87 bits per heavy atom. The molecule has 0 radical (unpaired) electrons. The molecule has 1 saturated heterocycles. The van der Waals surface area contributed by atoms with Crippen LogP contribution >= 0.6 is 0 Å². The summed E-state index contributed by atoms with van der Waals surface area (Å²) in [5, 5.41) is 9.56. The SMILES string of the molecule is CCCCOc1nc(N)c2[nH]c(=O)n(CCCN(Cc3cccc(C(C)C(=O)O)c3)C3CCN(Cc4ccccc4)CC3)c2n1. The Bertz CT molecular complexity index is 1610. The Balaban J connectivity index is 1.30. The summed E-state index contributed by atoms with van der Waals surface area (Å²) < 4.78 is 7.32. The van der Waals surface area contributed by atoms with Crippen molar-refractivity contribution in [2.75, 3.05) is 32.0 Å². The number of aryl methyl sites for hydroxylation is 1. The number of hydrogen-bond donors (Lipinski definition) is 3. The van der Waals surface area contributed by atoms with E-state index in [0.717, 1.165) is 69.4 Å². The number of benzene rings is 2. The molecule has 11 heteroatoms. The fourth-order valence-electron chi connectivity index (χ4n) is 6.06. The standard InChI is InChI=1S/C34H45N7O4/c1-3-4-20-45-33-37-30(35)29-31(38-33)41(34(44)36-29)17-9-16-40(23-26-12-8-13-27(21-26)24(2)32(42)43)28-14-18-39(19-15-28)22-25-10-6-5-7-11-25/h5-8,10-13,21,24,28H,3-4,9,14-20,22-23H2,1-2H3,(H,36,44)(H,42,43)(H2,35,37,38). The Morgan fingerprint density at radius 1 is 1.11 bits per heavy atom. The van der Waals surface area contributed by atoms with Crippen molar-refractivity contribution in [3.8, 4) is 6.01 Å². The third-order valence-corrected chi connectivity index (χ3v) is 8.72. The predicted molar refractivity (Wildman–Crippen MR) is 175 cm³/mol. The number of unbranched alkanes of at least 4 members (excludes halogenated alkanes) is 1. The maximum absolute atomic E-state index is 12.9. The van der Waals surface area contributed by atoms with Crippen LogP contribution in [0.5, 0.6) is 6.01 Å². The molecular weight excluding hydrogens is 570 g/mol. The van der Waals surface area contributed by atoms with Crippen molar-refractivity contribution in [1.82, 2.24) is 29.3 Å². The molecule has 1 fully saturated rings. The number of carbonyl (C=O) groups is 1. The van der Waals surface area contributed by atoms with Crippen LogP contribution in [0.3, 0.4) is 0 Å². The number of rotatable bonds is 15. The molecule has 3 heterocycles. The van der Waals surface area contributed by atoms with Gasteiger partial charge in [-0.05, 0) is 62.4 Å². The van der Waals surface area contributed by atoms with E-state index in [1.54, 1.807) is 11.5 Å². The number of carboxylic acids is 1. The van der Waals surface area contributed by atoms with Crippen molar-refractivity contribution in [3.05, 3.63) is 81.8 Å². The minimum Gasteiger partial charge on any atom is -0.481 e. The van der Waals surface area contributed by atoms with Gasteiger partial charge in [0.2, 0.25) is 0 Å². The maximum atomic E-state index is 12.9. The first kappa shape index (κ1) is 32.2. The van der Waals surface area contributed by atoms with Crippen molar-refractivity contribution in [3.63, 3.8) is 0 Å². The van der Waals surface area contributed by atoms with Gasteiger partial charge in [0.15, 0.2) is 11.5 Å². The molecule has 1 atom stereocenters. The summed E-state index contributed by atoms with van der Waals surface area (Å²) in [4.78, 5) is 41.2. The van der Waals surface area contributed by atoms with E-state index < -0.39 is 11.9 Å². The molecule has 0 bridgehead atoms. The van der Waals surface area contributed by atoms with Crippen molar-refractivity contribution < 1.29 is 14.6 Å². The number of fused-ring (bicyclic) bond motifs is 1. The molecule has 4 N–H and O–H groups in total. The molecule has 1 unspecified atom stereocenters. The number of hydrogen-bond acceptors (Lipinski definition) is 8. The highest BCUT2D eigenvalue weighted by Gasteiger charge is 2.25. The molecule has 5 rings (SSSR count). The first-order valence-electron chi connectivity index (χ1n) is 16.0. The minimum absolute atomic E-state index is 0.181. The van der Waals surface area contributed by atoms with Gasteiger partial charge in [0.25, 0.3) is 0 Å². The number of imidazole rings is 1. The summed E-state index contributed by atoms with van der Waals surface area (Å²) in [6, 6.07) is 19.0. The van der Waals surface area contributed by atoms with Crippen LogP contribution in [0.2, 0.25) is 0 Å². The Hall–Kier alpha value is -4.22. The van der Waals surface area contributed by atoms with Crippen molar-refractivity contribution in [2.24, 2.45) is 0 Å². The summed E-state index contributed by atoms with van der Waals surface area (Å²) >= 11 is 0. The van der Waals surface area contributed by atoms with Gasteiger partial charge in [-0.1, -0.05) is 67.9 Å². The number of nitrogen functional groups attached to an aromatic ring is 1. The van der Waals surface area contributed by atoms with Gasteiger partial charge in [0.05, 0.1) is 12.5 Å². The second kappa shape index (κ2) is 15.2. The number of carboxylic acid groups (broad SMARTS) is 1. The number of nitrogens with two attached hydrogens (primary N) is 1. The Kier molecular flexibility index (Phi) is 10.9. The van der Waals surface area contributed by atoms with E-state index in [0.29, 0.717) is 36.9 Å². The molecule has 0 spiro atoms. The number of nitrogens with one attached hydrogen (secondary N) is 1. The molecule has 1 aliphatic heterocycles. The molecule has 4 aromatic rings. The highest BCUT2D eigenvalue weighted by Crippen LogP contribution is 2.24. The number of aromatic nitrogens is 4. The molecule has 11 nitrogen and oxygen atoms in total. The van der Waals surface area contributed by atoms with Gasteiger partial charge in [0, 0.05) is 32.2 Å². The second-order valence-electron chi connectivity index (χ2n) is 12.0. The first-order chi connectivity index (χ1) is 21.8. The highest BCUT2D eigenvalue weighted by molar-refractivity contribution is 5.81. The first-order valence-corrected chi connectivity index (χ1v) is 16.0. The van der Waals surface area contributed by atoms with E-state index in [1.165, 1.54) is 5.56 Å². The van der Waals surface area contributed by atoms with Gasteiger partial charge in [-0.3, -0.25) is 19.2 Å². The molecule has 45 heavy (non-hydrogen) atoms. The summed E-state index contributed by atoms with van der Waals surface area (Å²) in [6.07, 6.45) is 4.65. The maximum Gasteiger partial charge on any atom is 0.327 e. The largest absolute Gasteiger partial charge is 0.481 e. The fraction of sp³-hybridized carbons (Fsp3) is 0.471. The van der Waals surface area contributed by atoms with Crippen LogP contribution in [0.25, 0.3) is 11.2 Å². The van der Waals surface area contributed by atoms with Crippen molar-refractivity contribution in [1.29, 1.82) is 0 Å². The van der Waals surface area contributed by atoms with Crippen LogP contribution in [0, 0.1) is 0 Å². The number of aromatic amines is 1. The molecule has 1 aliphatic rings. The molecule has 2 aromatic carbocycles. The lowest BCUT2D eigenvalue weighted by Crippen LogP contribution is -2.45. The van der Waals surface area contributed by atoms with Gasteiger partial charge in [-0.15, -0.1) is 0 Å². The van der Waals surface area contributed by atoms with E-state index >= 15 is 0 Å². The van der Waals surface area contributed by atoms with Crippen molar-refractivity contribution in [2.45, 2.75) is 77.5 Å². The van der Waals surface area contributed by atoms with E-state index in [-0.39, 0.29) is 17.5 Å². The number of nitrogens with zero attached hydrogens (tertiary/aromatic N) is 5. The summed E-state index contributed by atoms with van der Waals surface area (Å²) in [5.74, 6) is -1.21. The monoisotopic (exact) mass is 615 g/mol. The summed E-state index contributed by atoms with van der Waals surface area (Å²) in [7, 11) is 0. The molecule has 0 amide bonds. The molecule has 2 aromatic heterocycles. The van der Waals surface area contributed by atoms with Crippen LogP contribution in [-0.4, -0.2) is 72.7 Å². The number of aliphatic carboxylic acids is 1. The molecular formula is C34H45N7O4. The average molecular weight is 616 g/mol. The number of anilines is 1. The zero-order chi connectivity index (χ0) is 31.8. The zero-order valence-electron chi connectivity index (χ0n) is 26.3. The van der Waals surface area contributed by atoms with E-state index in [2.05, 4.69) is 62.0 Å². The third-order valence-electron chi connectivity index (χ3n) is 8.72. The number of ether oxygens (including phenoxy) is 1. The average Bonchev–Trinajstić information content (AvgIpc) is 3.36. The van der Waals surface area contributed by atoms with Gasteiger partial charge in [-0.2, -0.15) is 9.97 Å². The van der Waals surface area contributed by atoms with E-state index in [4.69, 9.17) is 10.5 Å². The van der Waals surface area contributed by atoms with Gasteiger partial charge < -0.3 is 20.6 Å². The molecule has 240 valence electrons. The van der Waals surface area contributed by atoms with Crippen LogP contribution in [-0.2, 0) is 24.4 Å². The highest BCUT2D eigenvalue weighted by atomic mass is 16.5. The number of likely N-dealkylation sites (tertiary alicyclic amines) is 1. The predicted octanol–water partition coefficient (Wildman–Crippen LogP) is 4.63. The van der Waals surface area contributed by atoms with Crippen LogP contribution in [0.1, 0.15) is 68.6 Å². The van der Waals surface area contributed by atoms with Gasteiger partial charge >= 0.3 is 17.7 Å². The lowest BCUT2D eigenvalue weighted by molar-refractivity contribution is -0.138. The fourth-order valence-corrected chi connectivity index (χ4v) is 6.06. The van der Waals surface area contributed by atoms with E-state index in [1.807, 2.05) is 24.3 Å². The Labute approximate surface area is 264 Å². The second-order valence-corrected chi connectivity index (χ2v) is 12.0. The van der Waals surface area contributed by atoms with Gasteiger partial charge in [0.1, 0.15) is 5.52 Å². The lowest BCUT2D eigenvalue weighted by atomic mass is 9.97. The summed E-state index contributed by atoms with van der Waals surface area (Å²) in [5.41, 5.74) is 9.98. The van der Waals surface area contributed by atoms with Crippen LogP contribution < -0.4 is 16.2 Å². The number of piperidine rings is 1. The Morgan fingerprint density at radius 3 is 2.60 bits per heavy atom. The van der Waals surface area contributed by atoms with Crippen LogP contribution in [0.15, 0.2) is 59.4 Å². The number of H-pyrrole nitrogens is 1. The lowest BCUT2D eigenvalue weighted by Gasteiger charge is -2.39. The minimum atomic E-state index is -0.831. The van der Waals surface area contributed by atoms with Crippen LogP contribution in [0.4, 0.5) is 5.82 Å². The smallest absolute Gasteiger partial charge is 0.327 e. The topological polar surface area (TPSA) is 143 Å². The van der Waals surface area contributed by atoms with Gasteiger partial charge in [-0.25, -0.2) is 4.79 Å². The summed E-state index contributed by atoms with van der Waals surface area (Å²) in [6.45, 7) is 9.17. The third kappa shape index (κ3) is 8.29. The zero-order valence-corrected chi connectivity index (χ0v) is 26.3. The molecule has 0 saturated carbocycles. The normalized spacial score (nSPS) is 15.1. The van der Waals surface area contributed by atoms with Crippen molar-refractivity contribution >= 4 is 23.0 Å². The molecule has 0 aliphatic carbocycles. The van der Waals surface area contributed by atoms with E-state index in [9.17, 15) is 14.7 Å².